The highest BCUT2D eigenvalue weighted by Gasteiger charge is 2.20. The lowest BCUT2D eigenvalue weighted by molar-refractivity contribution is -0.118. The number of nitriles is 1. The number of nitrogens with one attached hydrogen (secondary N) is 1. The lowest BCUT2D eigenvalue weighted by atomic mass is 9.99. The fourth-order valence-corrected chi connectivity index (χ4v) is 2.25. The highest BCUT2D eigenvalue weighted by molar-refractivity contribution is 5.95. The minimum atomic E-state index is -0.885. The lowest BCUT2D eigenvalue weighted by Gasteiger charge is -2.13. The molecule has 6 nitrogen and oxygen atoms in total. The third-order valence-corrected chi connectivity index (χ3v) is 3.52. The lowest BCUT2D eigenvalue weighted by Crippen LogP contribution is -2.23. The minimum absolute atomic E-state index is 0.00762. The maximum atomic E-state index is 12.4. The zero-order valence-electron chi connectivity index (χ0n) is 13.4. The van der Waals surface area contributed by atoms with Crippen molar-refractivity contribution in [2.45, 2.75) is 6.42 Å². The number of methoxy groups -OCH3 is 2. The molecule has 2 aromatic rings. The van der Waals surface area contributed by atoms with Gasteiger partial charge >= 0.3 is 0 Å². The predicted molar refractivity (Wildman–Crippen MR) is 89.1 cm³/mol. The van der Waals surface area contributed by atoms with Crippen molar-refractivity contribution in [2.75, 3.05) is 19.5 Å². The number of para-hydroxylation sites is 2. The summed E-state index contributed by atoms with van der Waals surface area (Å²) in [5.41, 5.74) is 1.22. The average Bonchev–Trinajstić information content (AvgIpc) is 2.61. The summed E-state index contributed by atoms with van der Waals surface area (Å²) in [6.45, 7) is 0. The number of benzene rings is 2. The van der Waals surface area contributed by atoms with E-state index in [-0.39, 0.29) is 12.2 Å². The van der Waals surface area contributed by atoms with Gasteiger partial charge in [0.05, 0.1) is 26.0 Å². The Bertz CT molecular complexity index is 768. The normalized spacial score (nSPS) is 11.2. The third-order valence-electron chi connectivity index (χ3n) is 3.52. The largest absolute Gasteiger partial charge is 0.504 e. The van der Waals surface area contributed by atoms with Crippen molar-refractivity contribution in [1.29, 1.82) is 5.26 Å². The number of phenols is 1. The summed E-state index contributed by atoms with van der Waals surface area (Å²) >= 11 is 0. The molecule has 0 aromatic heterocycles. The molecule has 0 saturated carbocycles. The number of ether oxygens (including phenoxy) is 2. The topological polar surface area (TPSA) is 91.6 Å². The molecule has 0 fully saturated rings. The molecule has 0 unspecified atom stereocenters. The highest BCUT2D eigenvalue weighted by atomic mass is 16.5. The van der Waals surface area contributed by atoms with Crippen LogP contribution in [0.3, 0.4) is 0 Å². The Morgan fingerprint density at radius 1 is 1.21 bits per heavy atom. The first-order chi connectivity index (χ1) is 11.6. The quantitative estimate of drug-likeness (QED) is 0.851. The van der Waals surface area contributed by atoms with E-state index in [1.54, 1.807) is 36.4 Å². The van der Waals surface area contributed by atoms with E-state index in [1.165, 1.54) is 20.3 Å². The van der Waals surface area contributed by atoms with Crippen molar-refractivity contribution < 1.29 is 19.4 Å². The Balaban J connectivity index is 2.13. The minimum Gasteiger partial charge on any atom is -0.504 e. The molecule has 2 aromatic carbocycles. The van der Waals surface area contributed by atoms with Gasteiger partial charge in [-0.3, -0.25) is 4.79 Å². The zero-order valence-corrected chi connectivity index (χ0v) is 13.4. The molecule has 0 aliphatic rings. The number of nitrogens with zero attached hydrogens (tertiary/aromatic N) is 1. The number of amides is 1. The Morgan fingerprint density at radius 3 is 2.58 bits per heavy atom. The first-order valence-electron chi connectivity index (χ1n) is 7.28. The second-order valence-corrected chi connectivity index (χ2v) is 5.08. The monoisotopic (exact) mass is 326 g/mol. The van der Waals surface area contributed by atoms with E-state index in [2.05, 4.69) is 5.32 Å². The molecule has 0 radical (unpaired) electrons. The van der Waals surface area contributed by atoms with E-state index >= 15 is 0 Å². The number of anilines is 1. The molecule has 2 rings (SSSR count). The number of hydrogen-bond acceptors (Lipinski definition) is 5. The van der Waals surface area contributed by atoms with Crippen LogP contribution in [0.4, 0.5) is 5.69 Å². The number of carbonyl (C=O) groups excluding carboxylic acids is 1. The van der Waals surface area contributed by atoms with Gasteiger partial charge in [-0.15, -0.1) is 0 Å². The van der Waals surface area contributed by atoms with Crippen LogP contribution in [0.25, 0.3) is 0 Å². The van der Waals surface area contributed by atoms with Gasteiger partial charge in [0, 0.05) is 0 Å². The number of rotatable bonds is 6. The van der Waals surface area contributed by atoms with Crippen molar-refractivity contribution in [3.05, 3.63) is 48.0 Å². The predicted octanol–water partition coefficient (Wildman–Crippen LogP) is 2.73. The van der Waals surface area contributed by atoms with Crippen LogP contribution in [-0.4, -0.2) is 25.2 Å². The summed E-state index contributed by atoms with van der Waals surface area (Å²) in [5.74, 6) is -0.477. The highest BCUT2D eigenvalue weighted by Crippen LogP contribution is 2.28. The molecule has 0 aliphatic carbocycles. The summed E-state index contributed by atoms with van der Waals surface area (Å²) in [6.07, 6.45) is 0.203. The molecule has 1 atom stereocenters. The molecule has 0 saturated heterocycles. The Labute approximate surface area is 140 Å². The molecule has 2 N–H and O–H groups in total. The number of phenolic OH excluding ortho intramolecular Hbond substituents is 1. The third kappa shape index (κ3) is 3.96. The average molecular weight is 326 g/mol. The van der Waals surface area contributed by atoms with Crippen LogP contribution in [0.15, 0.2) is 42.5 Å². The summed E-state index contributed by atoms with van der Waals surface area (Å²) < 4.78 is 10.2. The van der Waals surface area contributed by atoms with Gasteiger partial charge in [-0.05, 0) is 36.2 Å². The van der Waals surface area contributed by atoms with Crippen LogP contribution in [0, 0.1) is 17.2 Å². The van der Waals surface area contributed by atoms with Gasteiger partial charge in [-0.1, -0.05) is 18.2 Å². The molecule has 124 valence electrons. The van der Waals surface area contributed by atoms with Gasteiger partial charge < -0.3 is 19.9 Å². The SMILES string of the molecule is COc1cc(C[C@H](C#N)C(=O)Nc2ccccc2OC)ccc1O. The summed E-state index contributed by atoms with van der Waals surface area (Å²) in [7, 11) is 2.95. The Kier molecular flexibility index (Phi) is 5.63. The first-order valence-corrected chi connectivity index (χ1v) is 7.28. The first kappa shape index (κ1) is 17.2. The zero-order chi connectivity index (χ0) is 17.5. The van der Waals surface area contributed by atoms with E-state index in [1.807, 2.05) is 6.07 Å². The molecule has 1 amide bonds. The van der Waals surface area contributed by atoms with Crippen molar-refractivity contribution in [1.82, 2.24) is 0 Å². The van der Waals surface area contributed by atoms with Gasteiger partial charge in [0.2, 0.25) is 5.91 Å². The molecule has 0 heterocycles. The molecule has 0 bridgehead atoms. The fraction of sp³-hybridized carbons (Fsp3) is 0.222. The van der Waals surface area contributed by atoms with Gasteiger partial charge in [0.1, 0.15) is 11.7 Å². The number of carbonyl (C=O) groups is 1. The van der Waals surface area contributed by atoms with E-state index < -0.39 is 11.8 Å². The standard InChI is InChI=1S/C18H18N2O4/c1-23-16-6-4-3-5-14(16)20-18(22)13(11-19)9-12-7-8-15(21)17(10-12)24-2/h3-8,10,13,21H,9H2,1-2H3,(H,20,22)/t13-/m1/s1. The van der Waals surface area contributed by atoms with E-state index in [9.17, 15) is 15.2 Å². The molecular formula is C18H18N2O4. The van der Waals surface area contributed by atoms with Gasteiger partial charge in [-0.25, -0.2) is 0 Å². The molecule has 6 heteroatoms. The Hall–Kier alpha value is -3.20. The number of aromatic hydroxyl groups is 1. The molecule has 0 spiro atoms. The number of hydrogen-bond donors (Lipinski definition) is 2. The van der Waals surface area contributed by atoms with E-state index in [4.69, 9.17) is 9.47 Å². The maximum absolute atomic E-state index is 12.4. The second kappa shape index (κ2) is 7.88. The van der Waals surface area contributed by atoms with Gasteiger partial charge in [-0.2, -0.15) is 5.26 Å². The Morgan fingerprint density at radius 2 is 1.92 bits per heavy atom. The molecule has 24 heavy (non-hydrogen) atoms. The maximum Gasteiger partial charge on any atom is 0.242 e. The van der Waals surface area contributed by atoms with Crippen LogP contribution in [0.1, 0.15) is 5.56 Å². The summed E-state index contributed by atoms with van der Waals surface area (Å²) in [4.78, 5) is 12.4. The van der Waals surface area contributed by atoms with Gasteiger partial charge in [0.15, 0.2) is 11.5 Å². The van der Waals surface area contributed by atoms with Crippen LogP contribution in [-0.2, 0) is 11.2 Å². The van der Waals surface area contributed by atoms with Crippen LogP contribution in [0.5, 0.6) is 17.2 Å². The van der Waals surface area contributed by atoms with Crippen molar-refractivity contribution in [3.8, 4) is 23.3 Å². The second-order valence-electron chi connectivity index (χ2n) is 5.08. The van der Waals surface area contributed by atoms with Crippen LogP contribution >= 0.6 is 0 Å². The van der Waals surface area contributed by atoms with E-state index in [0.29, 0.717) is 22.7 Å². The van der Waals surface area contributed by atoms with Crippen molar-refractivity contribution in [3.63, 3.8) is 0 Å². The van der Waals surface area contributed by atoms with Crippen molar-refractivity contribution >= 4 is 11.6 Å². The molecule has 0 aliphatic heterocycles. The van der Waals surface area contributed by atoms with Gasteiger partial charge in [0.25, 0.3) is 0 Å². The van der Waals surface area contributed by atoms with E-state index in [0.717, 1.165) is 0 Å². The smallest absolute Gasteiger partial charge is 0.242 e. The van der Waals surface area contributed by atoms with Crippen LogP contribution in [0.2, 0.25) is 0 Å². The molecular weight excluding hydrogens is 308 g/mol. The van der Waals surface area contributed by atoms with Crippen LogP contribution < -0.4 is 14.8 Å². The summed E-state index contributed by atoms with van der Waals surface area (Å²) in [6, 6.07) is 13.7. The fourth-order valence-electron chi connectivity index (χ4n) is 2.25. The summed E-state index contributed by atoms with van der Waals surface area (Å²) in [5, 5.41) is 21.6. The van der Waals surface area contributed by atoms with Crippen molar-refractivity contribution in [2.24, 2.45) is 5.92 Å².